The third-order valence-electron chi connectivity index (χ3n) is 4.94. The highest BCUT2D eigenvalue weighted by Gasteiger charge is 2.30. The number of carbonyl (C=O) groups excluding carboxylic acids is 2. The molecule has 1 aromatic carbocycles. The lowest BCUT2D eigenvalue weighted by molar-refractivity contribution is -0.143. The number of ketones is 1. The van der Waals surface area contributed by atoms with Gasteiger partial charge in [-0.25, -0.2) is 0 Å². The lowest BCUT2D eigenvalue weighted by atomic mass is 9.94. The molecule has 136 valence electrons. The van der Waals surface area contributed by atoms with Gasteiger partial charge in [0.05, 0.1) is 5.92 Å². The summed E-state index contributed by atoms with van der Waals surface area (Å²) in [6.07, 6.45) is 5.26. The van der Waals surface area contributed by atoms with Crippen molar-refractivity contribution in [1.82, 2.24) is 5.32 Å². The minimum absolute atomic E-state index is 0.0616. The van der Waals surface area contributed by atoms with Crippen molar-refractivity contribution >= 4 is 17.7 Å². The zero-order chi connectivity index (χ0) is 18.2. The minimum Gasteiger partial charge on any atom is -0.481 e. The zero-order valence-corrected chi connectivity index (χ0v) is 14.8. The van der Waals surface area contributed by atoms with Crippen LogP contribution >= 0.6 is 0 Å². The summed E-state index contributed by atoms with van der Waals surface area (Å²) < 4.78 is 0. The van der Waals surface area contributed by atoms with Crippen LogP contribution in [-0.2, 0) is 16.0 Å². The number of Topliss-reactive ketones (excluding diaryl/α,β-unsaturated/α-hetero) is 1. The zero-order valence-electron chi connectivity index (χ0n) is 14.8. The van der Waals surface area contributed by atoms with E-state index in [2.05, 4.69) is 12.2 Å². The molecule has 25 heavy (non-hydrogen) atoms. The van der Waals surface area contributed by atoms with Crippen LogP contribution in [0.15, 0.2) is 24.3 Å². The molecular weight excluding hydrogens is 318 g/mol. The normalized spacial score (nSPS) is 20.5. The molecule has 5 nitrogen and oxygen atoms in total. The van der Waals surface area contributed by atoms with Gasteiger partial charge in [0, 0.05) is 24.4 Å². The summed E-state index contributed by atoms with van der Waals surface area (Å²) in [4.78, 5) is 35.8. The average Bonchev–Trinajstić information content (AvgIpc) is 2.85. The molecule has 2 atom stereocenters. The Balaban J connectivity index is 1.86. The number of aliphatic carboxylic acids is 1. The van der Waals surface area contributed by atoms with Crippen molar-refractivity contribution in [3.8, 4) is 0 Å². The van der Waals surface area contributed by atoms with Gasteiger partial charge in [-0.15, -0.1) is 0 Å². The third-order valence-corrected chi connectivity index (χ3v) is 4.94. The Morgan fingerprint density at radius 3 is 2.36 bits per heavy atom. The monoisotopic (exact) mass is 345 g/mol. The molecule has 2 N–H and O–H groups in total. The number of rotatable bonds is 7. The third kappa shape index (κ3) is 5.69. The molecule has 1 fully saturated rings. The Morgan fingerprint density at radius 2 is 1.72 bits per heavy atom. The molecule has 1 aliphatic carbocycles. The molecule has 0 unspecified atom stereocenters. The maximum Gasteiger partial charge on any atom is 0.308 e. The van der Waals surface area contributed by atoms with E-state index >= 15 is 0 Å². The fourth-order valence-corrected chi connectivity index (χ4v) is 3.35. The van der Waals surface area contributed by atoms with Crippen molar-refractivity contribution in [3.63, 3.8) is 0 Å². The first-order valence-electron chi connectivity index (χ1n) is 9.15. The highest BCUT2D eigenvalue weighted by atomic mass is 16.4. The molecule has 0 aliphatic heterocycles. The summed E-state index contributed by atoms with van der Waals surface area (Å²) in [5, 5.41) is 12.2. The van der Waals surface area contributed by atoms with E-state index in [0.29, 0.717) is 18.4 Å². The van der Waals surface area contributed by atoms with Gasteiger partial charge in [0.15, 0.2) is 5.78 Å². The van der Waals surface area contributed by atoms with Gasteiger partial charge in [-0.1, -0.05) is 50.5 Å². The summed E-state index contributed by atoms with van der Waals surface area (Å²) in [5.41, 5.74) is 1.78. The highest BCUT2D eigenvalue weighted by Crippen LogP contribution is 2.24. The molecule has 0 spiro atoms. The molecule has 2 rings (SSSR count). The number of aryl methyl sites for hydroxylation is 1. The molecule has 1 aliphatic rings. The molecule has 5 heteroatoms. The van der Waals surface area contributed by atoms with Crippen molar-refractivity contribution in [2.75, 3.05) is 0 Å². The van der Waals surface area contributed by atoms with Crippen molar-refractivity contribution < 1.29 is 19.5 Å². The van der Waals surface area contributed by atoms with Gasteiger partial charge >= 0.3 is 5.97 Å². The van der Waals surface area contributed by atoms with E-state index in [4.69, 9.17) is 0 Å². The second-order valence-corrected chi connectivity index (χ2v) is 6.73. The lowest BCUT2D eigenvalue weighted by Crippen LogP contribution is -2.42. The second-order valence-electron chi connectivity index (χ2n) is 6.73. The van der Waals surface area contributed by atoms with Crippen LogP contribution < -0.4 is 5.32 Å². The first-order valence-corrected chi connectivity index (χ1v) is 9.15. The summed E-state index contributed by atoms with van der Waals surface area (Å²) in [6, 6.07) is 7.12. The number of benzene rings is 1. The topological polar surface area (TPSA) is 83.5 Å². The van der Waals surface area contributed by atoms with E-state index in [-0.39, 0.29) is 30.6 Å². The smallest absolute Gasteiger partial charge is 0.308 e. The van der Waals surface area contributed by atoms with Crippen molar-refractivity contribution in [2.24, 2.45) is 5.92 Å². The molecule has 1 aromatic rings. The van der Waals surface area contributed by atoms with Crippen LogP contribution in [0.25, 0.3) is 0 Å². The maximum atomic E-state index is 12.2. The van der Waals surface area contributed by atoms with Gasteiger partial charge in [-0.05, 0) is 24.8 Å². The van der Waals surface area contributed by atoms with Gasteiger partial charge in [-0.2, -0.15) is 0 Å². The van der Waals surface area contributed by atoms with Crippen LogP contribution in [-0.4, -0.2) is 28.8 Å². The Kier molecular flexibility index (Phi) is 7.16. The number of carboxylic acid groups (broad SMARTS) is 1. The SMILES string of the molecule is CCc1ccc(C(=O)CCC(=O)N[C@H]2CCCCC[C@H]2C(=O)O)cc1. The molecule has 0 heterocycles. The molecule has 1 saturated carbocycles. The number of nitrogens with one attached hydrogen (secondary N) is 1. The summed E-state index contributed by atoms with van der Waals surface area (Å²) in [7, 11) is 0. The molecule has 1 amide bonds. The summed E-state index contributed by atoms with van der Waals surface area (Å²) >= 11 is 0. The van der Waals surface area contributed by atoms with Crippen LogP contribution in [0.1, 0.15) is 67.8 Å². The highest BCUT2D eigenvalue weighted by molar-refractivity contribution is 5.98. The molecule has 0 saturated heterocycles. The Morgan fingerprint density at radius 1 is 1.04 bits per heavy atom. The number of hydrogen-bond acceptors (Lipinski definition) is 3. The lowest BCUT2D eigenvalue weighted by Gasteiger charge is -2.22. The van der Waals surface area contributed by atoms with Crippen LogP contribution in [0.4, 0.5) is 0 Å². The van der Waals surface area contributed by atoms with Crippen molar-refractivity contribution in [3.05, 3.63) is 35.4 Å². The summed E-state index contributed by atoms with van der Waals surface area (Å²) in [6.45, 7) is 2.05. The van der Waals surface area contributed by atoms with Crippen LogP contribution in [0.2, 0.25) is 0 Å². The van der Waals surface area contributed by atoms with Gasteiger partial charge in [0.1, 0.15) is 0 Å². The van der Waals surface area contributed by atoms with E-state index in [1.165, 1.54) is 5.56 Å². The number of carbonyl (C=O) groups is 3. The van der Waals surface area contributed by atoms with E-state index in [1.54, 1.807) is 12.1 Å². The minimum atomic E-state index is -0.848. The Hall–Kier alpha value is -2.17. The summed E-state index contributed by atoms with van der Waals surface area (Å²) in [5.74, 6) is -1.67. The number of carboxylic acids is 1. The average molecular weight is 345 g/mol. The van der Waals surface area contributed by atoms with Crippen LogP contribution in [0, 0.1) is 5.92 Å². The fraction of sp³-hybridized carbons (Fsp3) is 0.550. The van der Waals surface area contributed by atoms with E-state index in [9.17, 15) is 19.5 Å². The quantitative estimate of drug-likeness (QED) is 0.586. The molecule has 0 bridgehead atoms. The first kappa shape index (κ1) is 19.2. The Labute approximate surface area is 148 Å². The predicted octanol–water partition coefficient (Wildman–Crippen LogP) is 3.36. The second kappa shape index (κ2) is 9.35. The predicted molar refractivity (Wildman–Crippen MR) is 95.5 cm³/mol. The van der Waals surface area contributed by atoms with Gasteiger partial charge in [0.25, 0.3) is 0 Å². The maximum absolute atomic E-state index is 12.2. The number of hydrogen-bond donors (Lipinski definition) is 2. The van der Waals surface area contributed by atoms with Gasteiger partial charge in [-0.3, -0.25) is 14.4 Å². The van der Waals surface area contributed by atoms with Crippen LogP contribution in [0.3, 0.4) is 0 Å². The fourth-order valence-electron chi connectivity index (χ4n) is 3.35. The standard InChI is InChI=1S/C20H27NO4/c1-2-14-8-10-15(11-9-14)18(22)12-13-19(23)21-17-7-5-3-4-6-16(17)20(24)25/h8-11,16-17H,2-7,12-13H2,1H3,(H,21,23)(H,24,25)/t16-,17+/m1/s1. The van der Waals surface area contributed by atoms with E-state index < -0.39 is 11.9 Å². The molecular formula is C20H27NO4. The molecule has 0 radical (unpaired) electrons. The van der Waals surface area contributed by atoms with Crippen molar-refractivity contribution in [2.45, 2.75) is 64.3 Å². The van der Waals surface area contributed by atoms with Gasteiger partial charge in [0.2, 0.25) is 5.91 Å². The van der Waals surface area contributed by atoms with Crippen molar-refractivity contribution in [1.29, 1.82) is 0 Å². The van der Waals surface area contributed by atoms with E-state index in [0.717, 1.165) is 25.7 Å². The molecule has 0 aromatic heterocycles. The number of amides is 1. The Bertz CT molecular complexity index is 609. The van der Waals surface area contributed by atoms with Gasteiger partial charge < -0.3 is 10.4 Å². The van der Waals surface area contributed by atoms with E-state index in [1.807, 2.05) is 12.1 Å². The largest absolute Gasteiger partial charge is 0.481 e. The van der Waals surface area contributed by atoms with Crippen LogP contribution in [0.5, 0.6) is 0 Å². The first-order chi connectivity index (χ1) is 12.0.